The maximum Gasteiger partial charge on any atom is 0.264 e. The standard InChI is InChI=1S/C25H22BrNO5/c1-31-18-9-11-23(32-2)19(13-18)22(28)14-25(30)20-12-17(26)8-10-21(20)27(24(25)29)15-16-6-4-3-5-7-16/h3-13,30H,14-15H2,1-2H3. The lowest BCUT2D eigenvalue weighted by molar-refractivity contribution is -0.136. The number of halogens is 1. The molecule has 1 amide bonds. The molecule has 3 aromatic rings. The molecule has 0 fully saturated rings. The Balaban J connectivity index is 1.73. The molecule has 0 aliphatic carbocycles. The van der Waals surface area contributed by atoms with E-state index in [-0.39, 0.29) is 12.1 Å². The fraction of sp³-hybridized carbons (Fsp3) is 0.200. The molecule has 0 radical (unpaired) electrons. The van der Waals surface area contributed by atoms with E-state index >= 15 is 0 Å². The van der Waals surface area contributed by atoms with Crippen LogP contribution in [0.1, 0.15) is 27.9 Å². The van der Waals surface area contributed by atoms with Crippen LogP contribution in [-0.2, 0) is 16.9 Å². The third-order valence-corrected chi connectivity index (χ3v) is 6.09. The summed E-state index contributed by atoms with van der Waals surface area (Å²) < 4.78 is 11.2. The summed E-state index contributed by atoms with van der Waals surface area (Å²) >= 11 is 3.41. The predicted molar refractivity (Wildman–Crippen MR) is 124 cm³/mol. The number of hydrogen-bond donors (Lipinski definition) is 1. The van der Waals surface area contributed by atoms with Crippen molar-refractivity contribution in [2.45, 2.75) is 18.6 Å². The number of amides is 1. The molecule has 0 spiro atoms. The highest BCUT2D eigenvalue weighted by Gasteiger charge is 2.51. The summed E-state index contributed by atoms with van der Waals surface area (Å²) in [5.41, 5.74) is 0.128. The van der Waals surface area contributed by atoms with Gasteiger partial charge in [-0.2, -0.15) is 0 Å². The van der Waals surface area contributed by atoms with Crippen LogP contribution in [0.5, 0.6) is 11.5 Å². The number of benzene rings is 3. The van der Waals surface area contributed by atoms with Crippen molar-refractivity contribution in [2.24, 2.45) is 0 Å². The van der Waals surface area contributed by atoms with Crippen molar-refractivity contribution in [3.05, 3.63) is 87.9 Å². The topological polar surface area (TPSA) is 76.1 Å². The van der Waals surface area contributed by atoms with Crippen molar-refractivity contribution in [3.8, 4) is 11.5 Å². The Bertz CT molecular complexity index is 1180. The van der Waals surface area contributed by atoms with Gasteiger partial charge in [0, 0.05) is 10.0 Å². The molecule has 1 unspecified atom stereocenters. The van der Waals surface area contributed by atoms with Crippen LogP contribution in [-0.4, -0.2) is 31.0 Å². The van der Waals surface area contributed by atoms with Crippen LogP contribution in [0.25, 0.3) is 0 Å². The first-order chi connectivity index (χ1) is 15.4. The molecule has 1 aliphatic heterocycles. The SMILES string of the molecule is COc1ccc(OC)c(C(=O)CC2(O)C(=O)N(Cc3ccccc3)c3ccc(Br)cc32)c1. The maximum absolute atomic E-state index is 13.5. The van der Waals surface area contributed by atoms with Gasteiger partial charge >= 0.3 is 0 Å². The molecule has 0 aromatic heterocycles. The molecule has 0 saturated heterocycles. The number of ketones is 1. The molecule has 1 heterocycles. The van der Waals surface area contributed by atoms with Gasteiger partial charge in [-0.3, -0.25) is 9.59 Å². The summed E-state index contributed by atoms with van der Waals surface area (Å²) in [7, 11) is 2.96. The summed E-state index contributed by atoms with van der Waals surface area (Å²) in [6, 6.07) is 19.6. The minimum absolute atomic E-state index is 0.242. The third kappa shape index (κ3) is 3.89. The Kier molecular flexibility index (Phi) is 6.04. The Morgan fingerprint density at radius 2 is 1.78 bits per heavy atom. The Labute approximate surface area is 194 Å². The van der Waals surface area contributed by atoms with Gasteiger partial charge in [0.05, 0.1) is 38.4 Å². The minimum atomic E-state index is -2.00. The number of Topliss-reactive ketones (excluding diaryl/α,β-unsaturated/α-hetero) is 1. The zero-order valence-corrected chi connectivity index (χ0v) is 19.3. The van der Waals surface area contributed by atoms with E-state index in [2.05, 4.69) is 15.9 Å². The monoisotopic (exact) mass is 495 g/mol. The summed E-state index contributed by atoms with van der Waals surface area (Å²) in [5, 5.41) is 11.6. The van der Waals surface area contributed by atoms with E-state index in [0.29, 0.717) is 27.2 Å². The van der Waals surface area contributed by atoms with Crippen LogP contribution in [0.2, 0.25) is 0 Å². The smallest absolute Gasteiger partial charge is 0.264 e. The van der Waals surface area contributed by atoms with Crippen LogP contribution >= 0.6 is 15.9 Å². The van der Waals surface area contributed by atoms with Gasteiger partial charge in [0.25, 0.3) is 5.91 Å². The van der Waals surface area contributed by atoms with Crippen LogP contribution in [0.15, 0.2) is 71.2 Å². The van der Waals surface area contributed by atoms with Crippen molar-refractivity contribution in [3.63, 3.8) is 0 Å². The van der Waals surface area contributed by atoms with Crippen LogP contribution < -0.4 is 14.4 Å². The van der Waals surface area contributed by atoms with Gasteiger partial charge in [-0.05, 0) is 42.0 Å². The molecule has 7 heteroatoms. The molecule has 32 heavy (non-hydrogen) atoms. The molecule has 1 N–H and O–H groups in total. The zero-order valence-electron chi connectivity index (χ0n) is 17.7. The van der Waals surface area contributed by atoms with Crippen molar-refractivity contribution >= 4 is 33.3 Å². The average Bonchev–Trinajstić information content (AvgIpc) is 3.00. The minimum Gasteiger partial charge on any atom is -0.497 e. The maximum atomic E-state index is 13.5. The number of methoxy groups -OCH3 is 2. The van der Waals surface area contributed by atoms with Crippen LogP contribution in [0, 0.1) is 0 Å². The molecule has 3 aromatic carbocycles. The fourth-order valence-corrected chi connectivity index (χ4v) is 4.34. The second-order valence-corrected chi connectivity index (χ2v) is 8.48. The molecule has 6 nitrogen and oxygen atoms in total. The van der Waals surface area contributed by atoms with E-state index in [0.717, 1.165) is 5.56 Å². The summed E-state index contributed by atoms with van der Waals surface area (Å²) in [4.78, 5) is 28.3. The zero-order chi connectivity index (χ0) is 22.9. The van der Waals surface area contributed by atoms with E-state index < -0.39 is 23.7 Å². The lowest BCUT2D eigenvalue weighted by atomic mass is 9.88. The van der Waals surface area contributed by atoms with E-state index in [1.54, 1.807) is 30.3 Å². The van der Waals surface area contributed by atoms with Gasteiger partial charge < -0.3 is 19.5 Å². The number of anilines is 1. The second-order valence-electron chi connectivity index (χ2n) is 7.56. The number of fused-ring (bicyclic) bond motifs is 1. The first-order valence-electron chi connectivity index (χ1n) is 10.0. The molecule has 4 rings (SSSR count). The molecular formula is C25H22BrNO5. The van der Waals surface area contributed by atoms with Gasteiger partial charge in [-0.15, -0.1) is 0 Å². The highest BCUT2D eigenvalue weighted by molar-refractivity contribution is 9.10. The summed E-state index contributed by atoms with van der Waals surface area (Å²) in [5.74, 6) is -0.137. The lowest BCUT2D eigenvalue weighted by Crippen LogP contribution is -2.41. The Hall–Kier alpha value is -3.16. The molecule has 164 valence electrons. The predicted octanol–water partition coefficient (Wildman–Crippen LogP) is 4.47. The van der Waals surface area contributed by atoms with Gasteiger partial charge in [-0.25, -0.2) is 0 Å². The number of aliphatic hydroxyl groups is 1. The molecule has 0 saturated carbocycles. The van der Waals surface area contributed by atoms with Crippen LogP contribution in [0.3, 0.4) is 0 Å². The largest absolute Gasteiger partial charge is 0.497 e. The number of rotatable bonds is 7. The van der Waals surface area contributed by atoms with E-state index in [4.69, 9.17) is 9.47 Å². The van der Waals surface area contributed by atoms with Crippen molar-refractivity contribution in [1.29, 1.82) is 0 Å². The van der Waals surface area contributed by atoms with Crippen LogP contribution in [0.4, 0.5) is 5.69 Å². The number of ether oxygens (including phenoxy) is 2. The number of carbonyl (C=O) groups excluding carboxylic acids is 2. The van der Waals surface area contributed by atoms with Gasteiger partial charge in [0.2, 0.25) is 0 Å². The first-order valence-corrected chi connectivity index (χ1v) is 10.8. The Morgan fingerprint density at radius 3 is 2.47 bits per heavy atom. The van der Waals surface area contributed by atoms with Gasteiger partial charge in [0.15, 0.2) is 11.4 Å². The van der Waals surface area contributed by atoms with Gasteiger partial charge in [0.1, 0.15) is 11.5 Å². The highest BCUT2D eigenvalue weighted by atomic mass is 79.9. The van der Waals surface area contributed by atoms with E-state index in [1.165, 1.54) is 19.1 Å². The highest BCUT2D eigenvalue weighted by Crippen LogP contribution is 2.45. The van der Waals surface area contributed by atoms with E-state index in [1.807, 2.05) is 36.4 Å². The Morgan fingerprint density at radius 1 is 1.03 bits per heavy atom. The van der Waals surface area contributed by atoms with Crippen molar-refractivity contribution < 1.29 is 24.2 Å². The normalized spacial score (nSPS) is 17.2. The second kappa shape index (κ2) is 8.76. The van der Waals surface area contributed by atoms with Crippen molar-refractivity contribution in [2.75, 3.05) is 19.1 Å². The van der Waals surface area contributed by atoms with E-state index in [9.17, 15) is 14.7 Å². The molecule has 1 atom stereocenters. The number of carbonyl (C=O) groups is 2. The molecule has 1 aliphatic rings. The van der Waals surface area contributed by atoms with Crippen molar-refractivity contribution in [1.82, 2.24) is 0 Å². The molecule has 0 bridgehead atoms. The lowest BCUT2D eigenvalue weighted by Gasteiger charge is -2.23. The summed E-state index contributed by atoms with van der Waals surface area (Å²) in [6.45, 7) is 0.285. The van der Waals surface area contributed by atoms with Gasteiger partial charge in [-0.1, -0.05) is 46.3 Å². The fourth-order valence-electron chi connectivity index (χ4n) is 3.98. The average molecular weight is 496 g/mol. The number of hydrogen-bond acceptors (Lipinski definition) is 5. The molecular weight excluding hydrogens is 474 g/mol. The first kappa shape index (κ1) is 22.0. The third-order valence-electron chi connectivity index (χ3n) is 5.60. The quantitative estimate of drug-likeness (QED) is 0.489. The number of nitrogens with zero attached hydrogens (tertiary/aromatic N) is 1. The summed E-state index contributed by atoms with van der Waals surface area (Å²) in [6.07, 6.45) is -0.426.